The molecular weight excluding hydrogens is 424 g/mol. The van der Waals surface area contributed by atoms with Crippen LogP contribution in [0.5, 0.6) is 11.5 Å². The molecule has 33 heavy (non-hydrogen) atoms. The van der Waals surface area contributed by atoms with Gasteiger partial charge in [0.1, 0.15) is 11.5 Å². The number of hydrogen-bond acceptors (Lipinski definition) is 7. The zero-order valence-electron chi connectivity index (χ0n) is 18.3. The fourth-order valence-electron chi connectivity index (χ4n) is 2.76. The van der Waals surface area contributed by atoms with E-state index >= 15 is 0 Å². The Bertz CT molecular complexity index is 1070. The minimum Gasteiger partial charge on any atom is -0.493 e. The summed E-state index contributed by atoms with van der Waals surface area (Å²) >= 11 is 0. The van der Waals surface area contributed by atoms with Gasteiger partial charge in [-0.2, -0.15) is 10.2 Å². The van der Waals surface area contributed by atoms with Gasteiger partial charge in [0.2, 0.25) is 0 Å². The van der Waals surface area contributed by atoms with Crippen molar-refractivity contribution in [3.05, 3.63) is 83.3 Å². The van der Waals surface area contributed by atoms with E-state index in [2.05, 4.69) is 21.1 Å². The molecule has 0 saturated carbocycles. The van der Waals surface area contributed by atoms with E-state index in [0.717, 1.165) is 0 Å². The molecule has 0 aliphatic heterocycles. The molecule has 0 atom stereocenters. The van der Waals surface area contributed by atoms with E-state index in [1.165, 1.54) is 24.6 Å². The van der Waals surface area contributed by atoms with Crippen LogP contribution in [-0.4, -0.2) is 37.5 Å². The van der Waals surface area contributed by atoms with Crippen LogP contribution in [0.1, 0.15) is 46.1 Å². The Labute approximate surface area is 191 Å². The third kappa shape index (κ3) is 6.54. The molecule has 170 valence electrons. The number of rotatable bonds is 10. The lowest BCUT2D eigenvalue weighted by atomic mass is 10.2. The van der Waals surface area contributed by atoms with Crippen LogP contribution >= 0.6 is 0 Å². The summed E-state index contributed by atoms with van der Waals surface area (Å²) in [6.45, 7) is 4.78. The average molecular weight is 448 g/mol. The largest absolute Gasteiger partial charge is 0.493 e. The zero-order chi connectivity index (χ0) is 23.5. The lowest BCUT2D eigenvalue weighted by molar-refractivity contribution is 0.0902. The molecular formula is C24H24N4O5. The molecule has 0 aliphatic carbocycles. The van der Waals surface area contributed by atoms with Crippen molar-refractivity contribution in [3.63, 3.8) is 0 Å². The van der Waals surface area contributed by atoms with Crippen molar-refractivity contribution < 1.29 is 23.5 Å². The third-order valence-electron chi connectivity index (χ3n) is 4.23. The number of hydrazone groups is 2. The summed E-state index contributed by atoms with van der Waals surface area (Å²) in [6, 6.07) is 17.3. The van der Waals surface area contributed by atoms with Crippen molar-refractivity contribution in [2.45, 2.75) is 13.8 Å². The number of para-hydroxylation sites is 2. The summed E-state index contributed by atoms with van der Waals surface area (Å²) in [4.78, 5) is 24.5. The highest BCUT2D eigenvalue weighted by molar-refractivity contribution is 5.96. The second kappa shape index (κ2) is 11.8. The molecule has 0 spiro atoms. The summed E-state index contributed by atoms with van der Waals surface area (Å²) < 4.78 is 16.3. The van der Waals surface area contributed by atoms with Crippen LogP contribution in [0.3, 0.4) is 0 Å². The predicted molar refractivity (Wildman–Crippen MR) is 124 cm³/mol. The van der Waals surface area contributed by atoms with Gasteiger partial charge in [0, 0.05) is 11.1 Å². The first-order chi connectivity index (χ1) is 16.1. The molecule has 2 aromatic carbocycles. The minimum absolute atomic E-state index is 0.0685. The first-order valence-corrected chi connectivity index (χ1v) is 10.3. The van der Waals surface area contributed by atoms with E-state index in [-0.39, 0.29) is 11.5 Å². The maximum atomic E-state index is 12.3. The minimum atomic E-state index is -0.603. The molecule has 3 aromatic rings. The van der Waals surface area contributed by atoms with Crippen molar-refractivity contribution >= 4 is 24.2 Å². The van der Waals surface area contributed by atoms with Crippen LogP contribution in [0.25, 0.3) is 0 Å². The molecule has 9 nitrogen and oxygen atoms in total. The normalized spacial score (nSPS) is 11.0. The summed E-state index contributed by atoms with van der Waals surface area (Å²) in [5, 5.41) is 7.84. The average Bonchev–Trinajstić information content (AvgIpc) is 3.32. The van der Waals surface area contributed by atoms with E-state index < -0.39 is 11.8 Å². The molecule has 0 fully saturated rings. The Balaban J connectivity index is 1.57. The first kappa shape index (κ1) is 23.3. The van der Waals surface area contributed by atoms with Gasteiger partial charge in [0.15, 0.2) is 11.5 Å². The molecule has 0 radical (unpaired) electrons. The summed E-state index contributed by atoms with van der Waals surface area (Å²) in [5.74, 6) is -0.0393. The van der Waals surface area contributed by atoms with Crippen LogP contribution < -0.4 is 20.3 Å². The van der Waals surface area contributed by atoms with Crippen LogP contribution in [0, 0.1) is 0 Å². The smallest absolute Gasteiger partial charge is 0.307 e. The standard InChI is InChI=1S/C24H24N4O5/c1-3-31-19-11-7-5-9-17(19)15-25-27-23(29)21-13-14-22(33-21)24(30)28-26-16-18-10-6-8-12-20(18)32-4-2/h5-16H,3-4H2,1-2H3,(H,27,29)(H,28,30). The van der Waals surface area contributed by atoms with Gasteiger partial charge in [-0.05, 0) is 50.2 Å². The number of carbonyl (C=O) groups excluding carboxylic acids is 2. The maximum Gasteiger partial charge on any atom is 0.307 e. The van der Waals surface area contributed by atoms with E-state index in [1.54, 1.807) is 0 Å². The van der Waals surface area contributed by atoms with E-state index in [9.17, 15) is 9.59 Å². The Morgan fingerprint density at radius 3 is 1.61 bits per heavy atom. The van der Waals surface area contributed by atoms with Gasteiger partial charge in [-0.3, -0.25) is 9.59 Å². The Hall–Kier alpha value is -4.40. The van der Waals surface area contributed by atoms with Crippen molar-refractivity contribution in [1.29, 1.82) is 0 Å². The number of hydrogen-bond donors (Lipinski definition) is 2. The first-order valence-electron chi connectivity index (χ1n) is 10.3. The van der Waals surface area contributed by atoms with Gasteiger partial charge in [-0.25, -0.2) is 10.9 Å². The monoisotopic (exact) mass is 448 g/mol. The highest BCUT2D eigenvalue weighted by atomic mass is 16.5. The molecule has 0 aliphatic rings. The van der Waals surface area contributed by atoms with Gasteiger partial charge < -0.3 is 13.9 Å². The van der Waals surface area contributed by atoms with Crippen LogP contribution in [-0.2, 0) is 0 Å². The number of carbonyl (C=O) groups is 2. The van der Waals surface area contributed by atoms with Crippen molar-refractivity contribution in [3.8, 4) is 11.5 Å². The molecule has 1 heterocycles. The summed E-state index contributed by atoms with van der Waals surface area (Å²) in [6.07, 6.45) is 2.93. The highest BCUT2D eigenvalue weighted by Crippen LogP contribution is 2.16. The molecule has 9 heteroatoms. The Morgan fingerprint density at radius 2 is 1.18 bits per heavy atom. The topological polar surface area (TPSA) is 115 Å². The lowest BCUT2D eigenvalue weighted by Crippen LogP contribution is -2.18. The van der Waals surface area contributed by atoms with Crippen LogP contribution in [0.15, 0.2) is 75.3 Å². The lowest BCUT2D eigenvalue weighted by Gasteiger charge is -2.05. The predicted octanol–water partition coefficient (Wildman–Crippen LogP) is 3.60. The quantitative estimate of drug-likeness (QED) is 0.363. The van der Waals surface area contributed by atoms with Gasteiger partial charge in [0.25, 0.3) is 0 Å². The number of nitrogens with one attached hydrogen (secondary N) is 2. The molecule has 2 N–H and O–H groups in total. The number of furan rings is 1. The SMILES string of the molecule is CCOc1ccccc1C=NNC(=O)c1ccc(C(=O)NN=Cc2ccccc2OCC)o1. The van der Waals surface area contributed by atoms with Crippen molar-refractivity contribution in [2.75, 3.05) is 13.2 Å². The highest BCUT2D eigenvalue weighted by Gasteiger charge is 2.15. The van der Waals surface area contributed by atoms with Crippen molar-refractivity contribution in [1.82, 2.24) is 10.9 Å². The van der Waals surface area contributed by atoms with Gasteiger partial charge in [-0.15, -0.1) is 0 Å². The fraction of sp³-hybridized carbons (Fsp3) is 0.167. The molecule has 3 rings (SSSR count). The Morgan fingerprint density at radius 1 is 0.758 bits per heavy atom. The fourth-order valence-corrected chi connectivity index (χ4v) is 2.76. The van der Waals surface area contributed by atoms with Crippen LogP contribution in [0.4, 0.5) is 0 Å². The van der Waals surface area contributed by atoms with E-state index in [0.29, 0.717) is 35.8 Å². The Kier molecular flexibility index (Phi) is 8.35. The summed E-state index contributed by atoms with van der Waals surface area (Å²) in [5.41, 5.74) is 6.14. The summed E-state index contributed by atoms with van der Waals surface area (Å²) in [7, 11) is 0. The number of benzene rings is 2. The second-order valence-corrected chi connectivity index (χ2v) is 6.50. The van der Waals surface area contributed by atoms with Crippen molar-refractivity contribution in [2.24, 2.45) is 10.2 Å². The molecule has 0 bridgehead atoms. The third-order valence-corrected chi connectivity index (χ3v) is 4.23. The molecule has 2 amide bonds. The van der Waals surface area contributed by atoms with Gasteiger partial charge >= 0.3 is 11.8 Å². The number of ether oxygens (including phenoxy) is 2. The molecule has 1 aromatic heterocycles. The zero-order valence-corrected chi connectivity index (χ0v) is 18.3. The van der Waals surface area contributed by atoms with E-state index in [1.807, 2.05) is 62.4 Å². The van der Waals surface area contributed by atoms with E-state index in [4.69, 9.17) is 13.9 Å². The number of amides is 2. The van der Waals surface area contributed by atoms with Gasteiger partial charge in [-0.1, -0.05) is 24.3 Å². The van der Waals surface area contributed by atoms with Gasteiger partial charge in [0.05, 0.1) is 25.6 Å². The maximum absolute atomic E-state index is 12.3. The molecule has 0 unspecified atom stereocenters. The second-order valence-electron chi connectivity index (χ2n) is 6.50. The van der Waals surface area contributed by atoms with Crippen LogP contribution in [0.2, 0.25) is 0 Å². The molecule has 0 saturated heterocycles. The number of nitrogens with zero attached hydrogens (tertiary/aromatic N) is 2.